The Morgan fingerprint density at radius 2 is 1.54 bits per heavy atom. The molecule has 1 aromatic rings. The van der Waals surface area contributed by atoms with Crippen LogP contribution in [-0.2, 0) is 0 Å². The zero-order valence-electron chi connectivity index (χ0n) is 15.7. The van der Waals surface area contributed by atoms with Crippen molar-refractivity contribution in [3.8, 4) is 0 Å². The van der Waals surface area contributed by atoms with Gasteiger partial charge >= 0.3 is 0 Å². The van der Waals surface area contributed by atoms with Gasteiger partial charge in [-0.05, 0) is 65.3 Å². The van der Waals surface area contributed by atoms with Crippen LogP contribution in [-0.4, -0.2) is 13.6 Å². The molecule has 0 bridgehead atoms. The third kappa shape index (κ3) is 4.29. The number of hydrogen-bond acceptors (Lipinski definition) is 1. The molecule has 0 saturated heterocycles. The van der Waals surface area contributed by atoms with Crippen molar-refractivity contribution in [3.63, 3.8) is 0 Å². The van der Waals surface area contributed by atoms with Crippen LogP contribution in [0.15, 0.2) is 88.1 Å². The maximum Gasteiger partial charge on any atom is 0.0363 e. The first-order chi connectivity index (χ1) is 12.6. The van der Waals surface area contributed by atoms with Crippen LogP contribution in [0, 0.1) is 11.8 Å². The fourth-order valence-electron chi connectivity index (χ4n) is 3.28. The summed E-state index contributed by atoms with van der Waals surface area (Å²) in [5.41, 5.74) is 5.13. The number of hydrogen-bond donors (Lipinski definition) is 0. The highest BCUT2D eigenvalue weighted by Crippen LogP contribution is 2.33. The summed E-state index contributed by atoms with van der Waals surface area (Å²) in [6.45, 7) is 5.41. The van der Waals surface area contributed by atoms with E-state index in [4.69, 9.17) is 0 Å². The molecule has 1 aromatic carbocycles. The molecule has 134 valence electrons. The minimum Gasteiger partial charge on any atom is -0.375 e. The van der Waals surface area contributed by atoms with Gasteiger partial charge in [0.05, 0.1) is 0 Å². The first-order valence-electron chi connectivity index (χ1n) is 9.20. The molecule has 0 aliphatic heterocycles. The molecule has 2 aliphatic carbocycles. The lowest BCUT2D eigenvalue weighted by atomic mass is 9.86. The summed E-state index contributed by atoms with van der Waals surface area (Å²) in [6, 6.07) is 8.89. The molecule has 2 unspecified atom stereocenters. The average molecular weight is 455 g/mol. The van der Waals surface area contributed by atoms with Gasteiger partial charge in [0, 0.05) is 34.7 Å². The Kier molecular flexibility index (Phi) is 6.36. The molecular formula is C24H26IN. The lowest BCUT2D eigenvalue weighted by Crippen LogP contribution is -2.15. The van der Waals surface area contributed by atoms with E-state index in [1.54, 1.807) is 0 Å². The number of benzene rings is 1. The highest BCUT2D eigenvalue weighted by Gasteiger charge is 2.16. The van der Waals surface area contributed by atoms with E-state index in [1.807, 2.05) is 0 Å². The Morgan fingerprint density at radius 1 is 0.923 bits per heavy atom. The van der Waals surface area contributed by atoms with Crippen LogP contribution in [0.1, 0.15) is 19.4 Å². The first kappa shape index (κ1) is 19.0. The lowest BCUT2D eigenvalue weighted by Gasteiger charge is -2.20. The summed E-state index contributed by atoms with van der Waals surface area (Å²) < 4.78 is 1.32. The fraction of sp³-hybridized carbons (Fsp3) is 0.250. The molecule has 26 heavy (non-hydrogen) atoms. The maximum absolute atomic E-state index is 2.49. The van der Waals surface area contributed by atoms with E-state index in [2.05, 4.69) is 127 Å². The maximum atomic E-state index is 2.49. The topological polar surface area (TPSA) is 3.24 Å². The fourth-order valence-corrected chi connectivity index (χ4v) is 3.99. The second-order valence-corrected chi connectivity index (χ2v) is 7.95. The van der Waals surface area contributed by atoms with Gasteiger partial charge in [-0.25, -0.2) is 0 Å². The van der Waals surface area contributed by atoms with Crippen LogP contribution in [0.2, 0.25) is 0 Å². The number of nitrogens with zero attached hydrogens (tertiary/aromatic N) is 1. The van der Waals surface area contributed by atoms with Crippen molar-refractivity contribution in [1.29, 1.82) is 0 Å². The van der Waals surface area contributed by atoms with Gasteiger partial charge in [0.1, 0.15) is 0 Å². The Labute approximate surface area is 171 Å². The molecule has 0 spiro atoms. The van der Waals surface area contributed by atoms with E-state index in [9.17, 15) is 0 Å². The van der Waals surface area contributed by atoms with Crippen molar-refractivity contribution in [1.82, 2.24) is 0 Å². The zero-order chi connectivity index (χ0) is 18.5. The Morgan fingerprint density at radius 3 is 2.19 bits per heavy atom. The number of halogens is 1. The van der Waals surface area contributed by atoms with Gasteiger partial charge in [-0.1, -0.05) is 66.8 Å². The molecule has 1 nitrogen and oxygen atoms in total. The van der Waals surface area contributed by atoms with Crippen molar-refractivity contribution in [3.05, 3.63) is 93.7 Å². The van der Waals surface area contributed by atoms with Crippen molar-refractivity contribution in [2.45, 2.75) is 13.8 Å². The van der Waals surface area contributed by atoms with E-state index in [0.717, 1.165) is 6.54 Å². The van der Waals surface area contributed by atoms with Crippen molar-refractivity contribution >= 4 is 33.9 Å². The number of allylic oxidation sites excluding steroid dienone is 12. The molecular weight excluding hydrogens is 429 g/mol. The van der Waals surface area contributed by atoms with E-state index in [1.165, 1.54) is 26.0 Å². The summed E-state index contributed by atoms with van der Waals surface area (Å²) in [5.74, 6) is 0.860. The molecule has 2 atom stereocenters. The van der Waals surface area contributed by atoms with Crippen LogP contribution >= 0.6 is 22.6 Å². The smallest absolute Gasteiger partial charge is 0.0363 e. The van der Waals surface area contributed by atoms with Crippen molar-refractivity contribution in [2.75, 3.05) is 18.5 Å². The third-order valence-corrected chi connectivity index (χ3v) is 6.29. The Bertz CT molecular complexity index is 818. The predicted octanol–water partition coefficient (Wildman–Crippen LogP) is 6.72. The van der Waals surface area contributed by atoms with Crippen LogP contribution in [0.3, 0.4) is 0 Å². The van der Waals surface area contributed by atoms with Crippen LogP contribution < -0.4 is 4.90 Å². The van der Waals surface area contributed by atoms with Crippen LogP contribution in [0.4, 0.5) is 5.69 Å². The summed E-state index contributed by atoms with van der Waals surface area (Å²) in [7, 11) is 2.13. The van der Waals surface area contributed by atoms with E-state index >= 15 is 0 Å². The third-order valence-electron chi connectivity index (χ3n) is 5.12. The molecule has 0 heterocycles. The van der Waals surface area contributed by atoms with Gasteiger partial charge in [0.25, 0.3) is 0 Å². The van der Waals surface area contributed by atoms with Crippen molar-refractivity contribution < 1.29 is 0 Å². The lowest BCUT2D eigenvalue weighted by molar-refractivity contribution is 0.667. The highest BCUT2D eigenvalue weighted by molar-refractivity contribution is 14.1. The number of rotatable bonds is 3. The molecule has 0 aromatic heterocycles. The summed E-state index contributed by atoms with van der Waals surface area (Å²) in [4.78, 5) is 2.25. The van der Waals surface area contributed by atoms with E-state index in [-0.39, 0.29) is 0 Å². The van der Waals surface area contributed by atoms with Crippen molar-refractivity contribution in [2.24, 2.45) is 11.8 Å². The molecule has 2 aliphatic rings. The van der Waals surface area contributed by atoms with E-state index in [0.29, 0.717) is 11.8 Å². The summed E-state index contributed by atoms with van der Waals surface area (Å²) in [5, 5.41) is 0. The quantitative estimate of drug-likeness (QED) is 0.458. The van der Waals surface area contributed by atoms with Gasteiger partial charge < -0.3 is 4.90 Å². The van der Waals surface area contributed by atoms with E-state index < -0.39 is 0 Å². The largest absolute Gasteiger partial charge is 0.375 e. The molecule has 0 fully saturated rings. The average Bonchev–Trinajstić information content (AvgIpc) is 2.68. The normalized spacial score (nSPS) is 29.5. The molecule has 0 radical (unpaired) electrons. The Hall–Kier alpha value is -1.81. The van der Waals surface area contributed by atoms with Gasteiger partial charge in [0.15, 0.2) is 0 Å². The van der Waals surface area contributed by atoms with Gasteiger partial charge in [-0.2, -0.15) is 0 Å². The molecule has 3 rings (SSSR count). The standard InChI is InChI=1S/C24H26IN/c1-4-26(3)22-15-13-20(14-16-22)23-12-8-7-10-19-9-5-6-11-21(19)17-24(25)18(23)2/h5-17,19,21H,4H2,1-3H3/b10-7+,12-8-,23-18-,24-17+. The summed E-state index contributed by atoms with van der Waals surface area (Å²) in [6.07, 6.45) is 20.1. The minimum absolute atomic E-state index is 0.423. The van der Waals surface area contributed by atoms with Gasteiger partial charge in [-0.3, -0.25) is 0 Å². The molecule has 0 N–H and O–H groups in total. The molecule has 2 heteroatoms. The first-order valence-corrected chi connectivity index (χ1v) is 10.3. The minimum atomic E-state index is 0.423. The van der Waals surface area contributed by atoms with Crippen LogP contribution in [0.5, 0.6) is 0 Å². The molecule has 0 amide bonds. The number of anilines is 1. The zero-order valence-corrected chi connectivity index (χ0v) is 17.9. The summed E-state index contributed by atoms with van der Waals surface area (Å²) >= 11 is 2.49. The van der Waals surface area contributed by atoms with Gasteiger partial charge in [0.2, 0.25) is 0 Å². The van der Waals surface area contributed by atoms with Crippen LogP contribution in [0.25, 0.3) is 5.57 Å². The predicted molar refractivity (Wildman–Crippen MR) is 124 cm³/mol. The second kappa shape index (κ2) is 8.72. The Balaban J connectivity index is 2.00. The molecule has 0 saturated carbocycles. The number of fused-ring (bicyclic) bond motifs is 1. The monoisotopic (exact) mass is 455 g/mol. The highest BCUT2D eigenvalue weighted by atomic mass is 127. The SMILES string of the molecule is CCN(C)c1ccc(C2=C(C)\C(I)=C/C3C=CC=CC3/C=C/C=C\2)cc1. The van der Waals surface area contributed by atoms with Gasteiger partial charge in [-0.15, -0.1) is 0 Å². The second-order valence-electron chi connectivity index (χ2n) is 6.78.